The first-order valence-corrected chi connectivity index (χ1v) is 4.99. The highest BCUT2D eigenvalue weighted by atomic mass is 14.9. The highest BCUT2D eigenvalue weighted by molar-refractivity contribution is 4.83. The van der Waals surface area contributed by atoms with Crippen molar-refractivity contribution in [3.63, 3.8) is 0 Å². The number of hydrogen-bond donors (Lipinski definition) is 2. The first-order valence-electron chi connectivity index (χ1n) is 4.99. The molecule has 1 atom stereocenters. The Morgan fingerprint density at radius 1 is 1.42 bits per heavy atom. The number of nitrogens with one attached hydrogen (secondary N) is 1. The van der Waals surface area contributed by atoms with Crippen LogP contribution in [0.2, 0.25) is 0 Å². The molecule has 0 aromatic heterocycles. The lowest BCUT2D eigenvalue weighted by atomic mass is 9.85. The van der Waals surface area contributed by atoms with E-state index >= 15 is 0 Å². The first-order chi connectivity index (χ1) is 5.50. The molecule has 0 saturated heterocycles. The third kappa shape index (κ3) is 3.55. The van der Waals surface area contributed by atoms with Crippen LogP contribution >= 0.6 is 0 Å². The zero-order valence-electron chi connectivity index (χ0n) is 8.56. The number of rotatable bonds is 4. The van der Waals surface area contributed by atoms with Crippen molar-refractivity contribution in [3.8, 4) is 0 Å². The molecule has 12 heavy (non-hydrogen) atoms. The van der Waals surface area contributed by atoms with Crippen molar-refractivity contribution in [2.45, 2.75) is 52.1 Å². The Morgan fingerprint density at radius 3 is 2.42 bits per heavy atom. The van der Waals surface area contributed by atoms with E-state index in [1.807, 2.05) is 0 Å². The van der Waals surface area contributed by atoms with Crippen LogP contribution in [0.25, 0.3) is 0 Å². The summed E-state index contributed by atoms with van der Waals surface area (Å²) in [6.45, 7) is 7.70. The maximum absolute atomic E-state index is 6.02. The summed E-state index contributed by atoms with van der Waals surface area (Å²) in [4.78, 5) is 0. The van der Waals surface area contributed by atoms with Crippen molar-refractivity contribution in [1.29, 1.82) is 0 Å². The van der Waals surface area contributed by atoms with Crippen molar-refractivity contribution in [1.82, 2.24) is 5.32 Å². The summed E-state index contributed by atoms with van der Waals surface area (Å²) in [5.74, 6) is 0. The van der Waals surface area contributed by atoms with E-state index in [-0.39, 0.29) is 5.41 Å². The maximum atomic E-state index is 6.02. The lowest BCUT2D eigenvalue weighted by Gasteiger charge is -2.27. The Morgan fingerprint density at radius 2 is 2.00 bits per heavy atom. The first kappa shape index (κ1) is 10.0. The SMILES string of the molecule is CC(C)(C)C(N)CCNC1CC1. The van der Waals surface area contributed by atoms with Gasteiger partial charge in [-0.25, -0.2) is 0 Å². The van der Waals surface area contributed by atoms with Crippen LogP contribution < -0.4 is 11.1 Å². The Labute approximate surface area is 75.9 Å². The second-order valence-corrected chi connectivity index (χ2v) is 4.99. The fourth-order valence-corrected chi connectivity index (χ4v) is 1.16. The van der Waals surface area contributed by atoms with Crippen molar-refractivity contribution in [2.75, 3.05) is 6.54 Å². The van der Waals surface area contributed by atoms with Crippen LogP contribution in [0.15, 0.2) is 0 Å². The summed E-state index contributed by atoms with van der Waals surface area (Å²) in [5.41, 5.74) is 6.27. The molecule has 1 aliphatic rings. The van der Waals surface area contributed by atoms with Gasteiger partial charge in [-0.3, -0.25) is 0 Å². The van der Waals surface area contributed by atoms with Gasteiger partial charge in [0.15, 0.2) is 0 Å². The van der Waals surface area contributed by atoms with Gasteiger partial charge >= 0.3 is 0 Å². The van der Waals surface area contributed by atoms with Gasteiger partial charge in [0, 0.05) is 12.1 Å². The van der Waals surface area contributed by atoms with Crippen LogP contribution in [0.1, 0.15) is 40.0 Å². The van der Waals surface area contributed by atoms with Crippen LogP contribution in [0.4, 0.5) is 0 Å². The third-order valence-electron chi connectivity index (χ3n) is 2.58. The van der Waals surface area contributed by atoms with E-state index in [1.54, 1.807) is 0 Å². The molecule has 0 heterocycles. The smallest absolute Gasteiger partial charge is 0.00997 e. The van der Waals surface area contributed by atoms with Gasteiger partial charge in [0.1, 0.15) is 0 Å². The van der Waals surface area contributed by atoms with Crippen LogP contribution in [0, 0.1) is 5.41 Å². The quantitative estimate of drug-likeness (QED) is 0.671. The lowest BCUT2D eigenvalue weighted by Crippen LogP contribution is -2.37. The molecule has 0 aromatic carbocycles. The maximum Gasteiger partial charge on any atom is 0.00997 e. The van der Waals surface area contributed by atoms with Gasteiger partial charge in [0.05, 0.1) is 0 Å². The van der Waals surface area contributed by atoms with Crippen LogP contribution in [0.5, 0.6) is 0 Å². The molecule has 0 spiro atoms. The van der Waals surface area contributed by atoms with Gasteiger partial charge in [-0.15, -0.1) is 0 Å². The molecule has 2 nitrogen and oxygen atoms in total. The molecule has 1 unspecified atom stereocenters. The average Bonchev–Trinajstić information content (AvgIpc) is 2.69. The van der Waals surface area contributed by atoms with Gasteiger partial charge in [0.25, 0.3) is 0 Å². The van der Waals surface area contributed by atoms with E-state index in [4.69, 9.17) is 5.73 Å². The lowest BCUT2D eigenvalue weighted by molar-refractivity contribution is 0.302. The Kier molecular flexibility index (Phi) is 3.13. The van der Waals surface area contributed by atoms with Crippen molar-refractivity contribution in [2.24, 2.45) is 11.1 Å². The monoisotopic (exact) mass is 170 g/mol. The topological polar surface area (TPSA) is 38.0 Å². The summed E-state index contributed by atoms with van der Waals surface area (Å²) in [6.07, 6.45) is 3.83. The third-order valence-corrected chi connectivity index (χ3v) is 2.58. The van der Waals surface area contributed by atoms with Gasteiger partial charge in [-0.1, -0.05) is 20.8 Å². The second kappa shape index (κ2) is 3.75. The summed E-state index contributed by atoms with van der Waals surface area (Å²) in [5, 5.41) is 3.48. The standard InChI is InChI=1S/C10H22N2/c1-10(2,3)9(11)6-7-12-8-4-5-8/h8-9,12H,4-7,11H2,1-3H3. The predicted molar refractivity (Wildman–Crippen MR) is 53.1 cm³/mol. The predicted octanol–water partition coefficient (Wildman–Crippen LogP) is 1.50. The number of hydrogen-bond acceptors (Lipinski definition) is 2. The van der Waals surface area contributed by atoms with E-state index < -0.39 is 0 Å². The van der Waals surface area contributed by atoms with E-state index in [2.05, 4.69) is 26.1 Å². The molecule has 0 aliphatic heterocycles. The molecule has 1 aliphatic carbocycles. The fourth-order valence-electron chi connectivity index (χ4n) is 1.16. The van der Waals surface area contributed by atoms with Gasteiger partial charge in [0.2, 0.25) is 0 Å². The zero-order chi connectivity index (χ0) is 9.19. The molecule has 0 aromatic rings. The van der Waals surface area contributed by atoms with Crippen LogP contribution in [-0.4, -0.2) is 18.6 Å². The normalized spacial score (nSPS) is 21.0. The molecule has 2 heteroatoms. The minimum atomic E-state index is 0.255. The molecule has 1 saturated carbocycles. The van der Waals surface area contributed by atoms with Gasteiger partial charge in [-0.2, -0.15) is 0 Å². The summed E-state index contributed by atoms with van der Waals surface area (Å²) < 4.78 is 0. The molecule has 0 amide bonds. The van der Waals surface area contributed by atoms with Crippen molar-refractivity contribution < 1.29 is 0 Å². The molecule has 3 N–H and O–H groups in total. The Hall–Kier alpha value is -0.0800. The molecule has 72 valence electrons. The Balaban J connectivity index is 2.04. The fraction of sp³-hybridized carbons (Fsp3) is 1.00. The molecular formula is C10H22N2. The molecule has 1 rings (SSSR count). The molecule has 0 radical (unpaired) electrons. The molecule has 0 bridgehead atoms. The highest BCUT2D eigenvalue weighted by Gasteiger charge is 2.23. The summed E-state index contributed by atoms with van der Waals surface area (Å²) in [7, 11) is 0. The molecule has 1 fully saturated rings. The minimum absolute atomic E-state index is 0.255. The molecular weight excluding hydrogens is 148 g/mol. The summed E-state index contributed by atoms with van der Waals surface area (Å²) in [6, 6.07) is 1.14. The van der Waals surface area contributed by atoms with E-state index in [0.717, 1.165) is 19.0 Å². The Bertz CT molecular complexity index is 133. The largest absolute Gasteiger partial charge is 0.327 e. The summed E-state index contributed by atoms with van der Waals surface area (Å²) >= 11 is 0. The van der Waals surface area contributed by atoms with Crippen LogP contribution in [0.3, 0.4) is 0 Å². The zero-order valence-corrected chi connectivity index (χ0v) is 8.56. The van der Waals surface area contributed by atoms with E-state index in [0.29, 0.717) is 6.04 Å². The second-order valence-electron chi connectivity index (χ2n) is 4.99. The highest BCUT2D eigenvalue weighted by Crippen LogP contribution is 2.21. The number of nitrogens with two attached hydrogens (primary N) is 1. The van der Waals surface area contributed by atoms with E-state index in [9.17, 15) is 0 Å². The average molecular weight is 170 g/mol. The van der Waals surface area contributed by atoms with Gasteiger partial charge < -0.3 is 11.1 Å². The van der Waals surface area contributed by atoms with E-state index in [1.165, 1.54) is 12.8 Å². The van der Waals surface area contributed by atoms with Gasteiger partial charge in [-0.05, 0) is 31.2 Å². The minimum Gasteiger partial charge on any atom is -0.327 e. The van der Waals surface area contributed by atoms with Crippen LogP contribution in [-0.2, 0) is 0 Å². The van der Waals surface area contributed by atoms with Crippen molar-refractivity contribution >= 4 is 0 Å². The van der Waals surface area contributed by atoms with Crippen molar-refractivity contribution in [3.05, 3.63) is 0 Å².